The van der Waals surface area contributed by atoms with Gasteiger partial charge in [-0.1, -0.05) is 96.9 Å². The van der Waals surface area contributed by atoms with E-state index in [2.05, 4.69) is 32.6 Å². The van der Waals surface area contributed by atoms with Crippen molar-refractivity contribution in [3.63, 3.8) is 0 Å². The smallest absolute Gasteiger partial charge is 0.159 e. The number of hydrogen-bond acceptors (Lipinski definition) is 2. The van der Waals surface area contributed by atoms with Crippen LogP contribution in [-0.4, -0.2) is 30.3 Å². The topological polar surface area (TPSA) is 20.3 Å². The van der Waals surface area contributed by atoms with Gasteiger partial charge in [-0.2, -0.15) is 0 Å². The third kappa shape index (κ3) is 15.4. The number of benzene rings is 1. The number of unbranched alkanes of at least 4 members (excludes halogenated alkanes) is 2. The van der Waals surface area contributed by atoms with Crippen molar-refractivity contribution in [1.82, 2.24) is 4.90 Å². The summed E-state index contributed by atoms with van der Waals surface area (Å²) in [7, 11) is 0. The molecular formula is C30H53NO. The highest BCUT2D eigenvalue weighted by Gasteiger charge is 2.06. The van der Waals surface area contributed by atoms with Gasteiger partial charge >= 0.3 is 0 Å². The normalized spacial score (nSPS) is 14.0. The Morgan fingerprint density at radius 2 is 1.59 bits per heavy atom. The van der Waals surface area contributed by atoms with Gasteiger partial charge in [0.15, 0.2) is 5.78 Å². The maximum Gasteiger partial charge on any atom is 0.159 e. The van der Waals surface area contributed by atoms with Crippen LogP contribution in [-0.2, 0) is 0 Å². The SMILES string of the molecule is C/C=C\c1cc(C(C)=O)ccc1C.CC1CCCCC1.CCCCCN(CCC)CCC. The van der Waals surface area contributed by atoms with Crippen LogP contribution in [0.3, 0.4) is 0 Å². The highest BCUT2D eigenvalue weighted by molar-refractivity contribution is 5.94. The lowest BCUT2D eigenvalue weighted by Crippen LogP contribution is -2.26. The van der Waals surface area contributed by atoms with E-state index < -0.39 is 0 Å². The van der Waals surface area contributed by atoms with E-state index in [9.17, 15) is 4.79 Å². The number of Topliss-reactive ketones (excluding diaryl/α,β-unsaturated/α-hetero) is 1. The van der Waals surface area contributed by atoms with Crippen LogP contribution in [0.15, 0.2) is 24.3 Å². The molecule has 184 valence electrons. The van der Waals surface area contributed by atoms with Gasteiger partial charge < -0.3 is 4.90 Å². The van der Waals surface area contributed by atoms with E-state index in [4.69, 9.17) is 0 Å². The minimum atomic E-state index is 0.116. The molecule has 0 amide bonds. The Balaban J connectivity index is 0.000000469. The molecule has 0 N–H and O–H groups in total. The lowest BCUT2D eigenvalue weighted by molar-refractivity contribution is 0.101. The Morgan fingerprint density at radius 1 is 0.969 bits per heavy atom. The summed E-state index contributed by atoms with van der Waals surface area (Å²) < 4.78 is 0. The minimum Gasteiger partial charge on any atom is -0.303 e. The lowest BCUT2D eigenvalue weighted by Gasteiger charge is -2.20. The Kier molecular flexibility index (Phi) is 19.3. The van der Waals surface area contributed by atoms with E-state index in [0.717, 1.165) is 17.0 Å². The largest absolute Gasteiger partial charge is 0.303 e. The number of rotatable bonds is 10. The fraction of sp³-hybridized carbons (Fsp3) is 0.700. The first-order valence-corrected chi connectivity index (χ1v) is 13.4. The number of hydrogen-bond donors (Lipinski definition) is 0. The number of nitrogens with zero attached hydrogens (tertiary/aromatic N) is 1. The van der Waals surface area contributed by atoms with Crippen molar-refractivity contribution in [3.05, 3.63) is 41.0 Å². The minimum absolute atomic E-state index is 0.116. The van der Waals surface area contributed by atoms with Crippen molar-refractivity contribution in [2.45, 2.75) is 113 Å². The molecule has 1 aliphatic rings. The van der Waals surface area contributed by atoms with Gasteiger partial charge in [0.25, 0.3) is 0 Å². The predicted molar refractivity (Wildman–Crippen MR) is 145 cm³/mol. The van der Waals surface area contributed by atoms with Gasteiger partial charge in [-0.3, -0.25) is 4.79 Å². The summed E-state index contributed by atoms with van der Waals surface area (Å²) in [6, 6.07) is 5.77. The Morgan fingerprint density at radius 3 is 2.03 bits per heavy atom. The maximum absolute atomic E-state index is 11.1. The number of aryl methyl sites for hydroxylation is 1. The molecule has 1 fully saturated rings. The third-order valence-electron chi connectivity index (χ3n) is 6.08. The van der Waals surface area contributed by atoms with Crippen LogP contribution in [0.25, 0.3) is 6.08 Å². The van der Waals surface area contributed by atoms with Gasteiger partial charge in [0.1, 0.15) is 0 Å². The molecule has 0 atom stereocenters. The van der Waals surface area contributed by atoms with Crippen LogP contribution < -0.4 is 0 Å². The fourth-order valence-corrected chi connectivity index (χ4v) is 4.08. The molecule has 2 nitrogen and oxygen atoms in total. The molecule has 1 aliphatic carbocycles. The van der Waals surface area contributed by atoms with Crippen LogP contribution in [0, 0.1) is 12.8 Å². The summed E-state index contributed by atoms with van der Waals surface area (Å²) in [5.74, 6) is 1.15. The predicted octanol–water partition coefficient (Wildman–Crippen LogP) is 9.12. The van der Waals surface area contributed by atoms with E-state index in [1.54, 1.807) is 6.92 Å². The zero-order valence-electron chi connectivity index (χ0n) is 22.5. The molecule has 0 aromatic heterocycles. The van der Waals surface area contributed by atoms with Crippen molar-refractivity contribution in [2.24, 2.45) is 5.92 Å². The average molecular weight is 444 g/mol. The van der Waals surface area contributed by atoms with Crippen molar-refractivity contribution >= 4 is 11.9 Å². The summed E-state index contributed by atoms with van der Waals surface area (Å²) in [6.07, 6.45) is 18.1. The second-order valence-electron chi connectivity index (χ2n) is 9.42. The van der Waals surface area contributed by atoms with Crippen molar-refractivity contribution < 1.29 is 4.79 Å². The monoisotopic (exact) mass is 443 g/mol. The van der Waals surface area contributed by atoms with E-state index in [1.807, 2.05) is 44.2 Å². The average Bonchev–Trinajstić information content (AvgIpc) is 2.77. The second kappa shape index (κ2) is 20.2. The molecule has 0 aliphatic heterocycles. The highest BCUT2D eigenvalue weighted by Crippen LogP contribution is 2.22. The van der Waals surface area contributed by atoms with Crippen LogP contribution >= 0.6 is 0 Å². The van der Waals surface area contributed by atoms with Gasteiger partial charge in [-0.25, -0.2) is 0 Å². The second-order valence-corrected chi connectivity index (χ2v) is 9.42. The third-order valence-corrected chi connectivity index (χ3v) is 6.08. The number of ketones is 1. The van der Waals surface area contributed by atoms with Gasteiger partial charge in [0.2, 0.25) is 0 Å². The molecule has 2 rings (SSSR count). The molecule has 1 aromatic carbocycles. The Bertz CT molecular complexity index is 607. The molecule has 0 heterocycles. The van der Waals surface area contributed by atoms with E-state index in [0.29, 0.717) is 0 Å². The van der Waals surface area contributed by atoms with Crippen LogP contribution in [0.5, 0.6) is 0 Å². The quantitative estimate of drug-likeness (QED) is 0.265. The first kappa shape index (κ1) is 30.6. The van der Waals surface area contributed by atoms with Crippen molar-refractivity contribution in [1.29, 1.82) is 0 Å². The number of carbonyl (C=O) groups is 1. The molecule has 1 saturated carbocycles. The summed E-state index contributed by atoms with van der Waals surface area (Å²) in [4.78, 5) is 13.7. The summed E-state index contributed by atoms with van der Waals surface area (Å²) >= 11 is 0. The highest BCUT2D eigenvalue weighted by atomic mass is 16.1. The van der Waals surface area contributed by atoms with Gasteiger partial charge in [0.05, 0.1) is 0 Å². The molecule has 0 unspecified atom stereocenters. The van der Waals surface area contributed by atoms with Gasteiger partial charge in [0, 0.05) is 5.56 Å². The zero-order chi connectivity index (χ0) is 24.2. The molecule has 0 radical (unpaired) electrons. The maximum atomic E-state index is 11.1. The first-order valence-electron chi connectivity index (χ1n) is 13.4. The van der Waals surface area contributed by atoms with E-state index in [1.165, 1.54) is 89.4 Å². The molecule has 0 saturated heterocycles. The summed E-state index contributed by atoms with van der Waals surface area (Å²) in [5, 5.41) is 0. The standard InChI is InChI=1S/C12H14O.C11H25N.C7H14/c1-4-5-11-8-12(10(3)13)7-6-9(11)2;1-4-7-8-11-12(9-5-2)10-6-3;1-7-5-3-2-4-6-7/h4-8H,1-3H3;4-11H2,1-3H3;7H,2-6H2,1H3/b5-4-;;. The zero-order valence-corrected chi connectivity index (χ0v) is 22.5. The van der Waals surface area contributed by atoms with E-state index >= 15 is 0 Å². The Hall–Kier alpha value is -1.41. The number of allylic oxidation sites excluding steroid dienone is 1. The Labute approximate surface area is 200 Å². The summed E-state index contributed by atoms with van der Waals surface area (Å²) in [6.45, 7) is 18.7. The molecular weight excluding hydrogens is 390 g/mol. The molecule has 2 heteroatoms. The first-order chi connectivity index (χ1) is 15.4. The van der Waals surface area contributed by atoms with Gasteiger partial charge in [-0.15, -0.1) is 0 Å². The number of carbonyl (C=O) groups excluding carboxylic acids is 1. The van der Waals surface area contributed by atoms with E-state index in [-0.39, 0.29) is 5.78 Å². The van der Waals surface area contributed by atoms with Crippen LogP contribution in [0.4, 0.5) is 0 Å². The van der Waals surface area contributed by atoms with Crippen LogP contribution in [0.1, 0.15) is 127 Å². The van der Waals surface area contributed by atoms with Crippen LogP contribution in [0.2, 0.25) is 0 Å². The van der Waals surface area contributed by atoms with Crippen molar-refractivity contribution in [2.75, 3.05) is 19.6 Å². The lowest BCUT2D eigenvalue weighted by atomic mass is 9.91. The van der Waals surface area contributed by atoms with Gasteiger partial charge in [-0.05, 0) is 82.8 Å². The summed E-state index contributed by atoms with van der Waals surface area (Å²) in [5.41, 5.74) is 3.09. The molecule has 1 aromatic rings. The molecule has 0 bridgehead atoms. The molecule has 0 spiro atoms. The van der Waals surface area contributed by atoms with Crippen molar-refractivity contribution in [3.8, 4) is 0 Å². The fourth-order valence-electron chi connectivity index (χ4n) is 4.08. The molecule has 32 heavy (non-hydrogen) atoms.